The van der Waals surface area contributed by atoms with Crippen LogP contribution >= 0.6 is 0 Å². The average molecular weight is 338 g/mol. The molecule has 0 amide bonds. The maximum absolute atomic E-state index is 11.3. The average Bonchev–Trinajstić information content (AvgIpc) is 2.55. The van der Waals surface area contributed by atoms with Gasteiger partial charge in [-0.05, 0) is 54.7 Å². The van der Waals surface area contributed by atoms with Crippen molar-refractivity contribution in [1.29, 1.82) is 0 Å². The number of benzene rings is 1. The fourth-order valence-electron chi connectivity index (χ4n) is 4.18. The van der Waals surface area contributed by atoms with Gasteiger partial charge in [0.2, 0.25) is 0 Å². The monoisotopic (exact) mass is 338 g/mol. The molecule has 5 heteroatoms. The molecule has 23 heavy (non-hydrogen) atoms. The van der Waals surface area contributed by atoms with Gasteiger partial charge < -0.3 is 4.18 Å². The van der Waals surface area contributed by atoms with Gasteiger partial charge in [0.25, 0.3) is 0 Å². The van der Waals surface area contributed by atoms with Crippen LogP contribution in [-0.4, -0.2) is 13.0 Å². The van der Waals surface area contributed by atoms with E-state index in [1.807, 2.05) is 12.1 Å². The van der Waals surface area contributed by atoms with Gasteiger partial charge in [-0.15, -0.1) is 0 Å². The van der Waals surface area contributed by atoms with E-state index in [-0.39, 0.29) is 0 Å². The lowest BCUT2D eigenvalue weighted by Crippen LogP contribution is -2.13. The van der Waals surface area contributed by atoms with E-state index in [2.05, 4.69) is 6.07 Å². The molecule has 2 aliphatic carbocycles. The molecule has 0 spiro atoms. The van der Waals surface area contributed by atoms with E-state index >= 15 is 0 Å². The van der Waals surface area contributed by atoms with Crippen LogP contribution in [0.2, 0.25) is 0 Å². The summed E-state index contributed by atoms with van der Waals surface area (Å²) in [6.45, 7) is 0. The number of hydrogen-bond acceptors (Lipinski definition) is 3. The Kier molecular flexibility index (Phi) is 5.27. The predicted molar refractivity (Wildman–Crippen MR) is 90.3 cm³/mol. The van der Waals surface area contributed by atoms with Crippen molar-refractivity contribution in [2.75, 3.05) is 0 Å². The lowest BCUT2D eigenvalue weighted by molar-refractivity contribution is 0.377. The molecule has 0 radical (unpaired) electrons. The quantitative estimate of drug-likeness (QED) is 0.788. The minimum Gasteiger partial charge on any atom is -0.361 e. The molecule has 2 fully saturated rings. The molecule has 128 valence electrons. The summed E-state index contributed by atoms with van der Waals surface area (Å²) < 4.78 is 36.6. The highest BCUT2D eigenvalue weighted by molar-refractivity contribution is 7.81. The first-order valence-corrected chi connectivity index (χ1v) is 10.2. The Hall–Kier alpha value is -1.07. The Bertz CT molecular complexity index is 626. The first kappa shape index (κ1) is 16.8. The first-order valence-electron chi connectivity index (χ1n) is 8.84. The summed E-state index contributed by atoms with van der Waals surface area (Å²) in [5, 5.41) is 0. The molecule has 4 nitrogen and oxygen atoms in total. The van der Waals surface area contributed by atoms with E-state index in [0.717, 1.165) is 36.8 Å². The second kappa shape index (κ2) is 7.22. The summed E-state index contributed by atoms with van der Waals surface area (Å²) in [6.07, 6.45) is 11.7. The van der Waals surface area contributed by atoms with Crippen LogP contribution in [0.25, 0.3) is 0 Å². The predicted octanol–water partition coefficient (Wildman–Crippen LogP) is 4.96. The zero-order valence-electron chi connectivity index (χ0n) is 13.5. The van der Waals surface area contributed by atoms with Crippen molar-refractivity contribution in [1.82, 2.24) is 0 Å². The molecule has 0 atom stereocenters. The van der Waals surface area contributed by atoms with Crippen molar-refractivity contribution in [2.45, 2.75) is 76.0 Å². The highest BCUT2D eigenvalue weighted by Crippen LogP contribution is 2.41. The molecule has 1 N–H and O–H groups in total. The molecule has 0 heterocycles. The van der Waals surface area contributed by atoms with Gasteiger partial charge in [-0.1, -0.05) is 50.7 Å². The summed E-state index contributed by atoms with van der Waals surface area (Å²) in [7, 11) is -4.49. The number of rotatable bonds is 4. The van der Waals surface area contributed by atoms with Gasteiger partial charge in [0.15, 0.2) is 0 Å². The molecule has 1 aromatic carbocycles. The van der Waals surface area contributed by atoms with E-state index in [9.17, 15) is 8.42 Å². The minimum atomic E-state index is -4.49. The fourth-order valence-corrected chi connectivity index (χ4v) is 4.55. The van der Waals surface area contributed by atoms with Crippen LogP contribution in [0.4, 0.5) is 0 Å². The Balaban J connectivity index is 1.91. The Labute approximate surface area is 139 Å². The molecule has 0 aliphatic heterocycles. The second-order valence-corrected chi connectivity index (χ2v) is 8.00. The largest absolute Gasteiger partial charge is 0.446 e. The van der Waals surface area contributed by atoms with E-state index in [1.165, 1.54) is 38.5 Å². The third-order valence-corrected chi connectivity index (χ3v) is 5.74. The molecule has 0 saturated heterocycles. The lowest BCUT2D eigenvalue weighted by Gasteiger charge is -2.26. The van der Waals surface area contributed by atoms with Crippen LogP contribution in [0.1, 0.15) is 87.2 Å². The van der Waals surface area contributed by atoms with Crippen LogP contribution in [0, 0.1) is 0 Å². The molecule has 2 aliphatic rings. The van der Waals surface area contributed by atoms with E-state index in [0.29, 0.717) is 17.6 Å². The summed E-state index contributed by atoms with van der Waals surface area (Å²) in [5.74, 6) is 1.15. The maximum Gasteiger partial charge on any atom is 0.446 e. The van der Waals surface area contributed by atoms with Gasteiger partial charge in [-0.2, -0.15) is 8.42 Å². The highest BCUT2D eigenvalue weighted by Gasteiger charge is 2.24. The smallest absolute Gasteiger partial charge is 0.361 e. The lowest BCUT2D eigenvalue weighted by atomic mass is 9.80. The summed E-state index contributed by atoms with van der Waals surface area (Å²) in [4.78, 5) is 0. The zero-order valence-corrected chi connectivity index (χ0v) is 14.4. The van der Waals surface area contributed by atoms with E-state index in [1.54, 1.807) is 0 Å². The van der Waals surface area contributed by atoms with Crippen molar-refractivity contribution in [3.05, 3.63) is 29.3 Å². The maximum atomic E-state index is 11.3. The second-order valence-electron chi connectivity index (χ2n) is 6.98. The van der Waals surface area contributed by atoms with Crippen LogP contribution < -0.4 is 4.18 Å². The van der Waals surface area contributed by atoms with Gasteiger partial charge in [0.1, 0.15) is 5.75 Å². The Morgan fingerprint density at radius 3 is 2.00 bits per heavy atom. The van der Waals surface area contributed by atoms with Crippen LogP contribution in [0.5, 0.6) is 5.75 Å². The first-order chi connectivity index (χ1) is 11.0. The summed E-state index contributed by atoms with van der Waals surface area (Å²) in [6, 6.07) is 6.02. The molecule has 0 unspecified atom stereocenters. The van der Waals surface area contributed by atoms with Crippen molar-refractivity contribution in [2.24, 2.45) is 0 Å². The SMILES string of the molecule is O=S(=O)(O)Oc1cc(C2CCCCC2)ccc1C1CCCCC1. The number of hydrogen-bond donors (Lipinski definition) is 1. The van der Waals surface area contributed by atoms with Crippen molar-refractivity contribution in [3.8, 4) is 5.75 Å². The van der Waals surface area contributed by atoms with Gasteiger partial charge in [0.05, 0.1) is 0 Å². The van der Waals surface area contributed by atoms with Crippen molar-refractivity contribution >= 4 is 10.4 Å². The molecule has 3 rings (SSSR count). The fraction of sp³-hybridized carbons (Fsp3) is 0.667. The van der Waals surface area contributed by atoms with Gasteiger partial charge in [0, 0.05) is 0 Å². The molecule has 2 saturated carbocycles. The van der Waals surface area contributed by atoms with Gasteiger partial charge in [-0.3, -0.25) is 4.55 Å². The molecular weight excluding hydrogens is 312 g/mol. The van der Waals surface area contributed by atoms with Gasteiger partial charge >= 0.3 is 10.4 Å². The van der Waals surface area contributed by atoms with Gasteiger partial charge in [-0.25, -0.2) is 0 Å². The van der Waals surface area contributed by atoms with E-state index < -0.39 is 10.4 Å². The zero-order chi connectivity index (χ0) is 16.3. The van der Waals surface area contributed by atoms with Crippen LogP contribution in [0.3, 0.4) is 0 Å². The topological polar surface area (TPSA) is 63.6 Å². The Morgan fingerprint density at radius 1 is 0.870 bits per heavy atom. The highest BCUT2D eigenvalue weighted by atomic mass is 32.3. The minimum absolute atomic E-state index is 0.334. The molecule has 1 aromatic rings. The third-order valence-electron chi connectivity index (χ3n) is 5.35. The summed E-state index contributed by atoms with van der Waals surface area (Å²) >= 11 is 0. The van der Waals surface area contributed by atoms with Crippen LogP contribution in [-0.2, 0) is 10.4 Å². The third kappa shape index (κ3) is 4.48. The molecule has 0 bridgehead atoms. The normalized spacial score (nSPS) is 21.3. The van der Waals surface area contributed by atoms with Crippen molar-refractivity contribution < 1.29 is 17.2 Å². The molecular formula is C18H26O4S. The van der Waals surface area contributed by atoms with Crippen LogP contribution in [0.15, 0.2) is 18.2 Å². The summed E-state index contributed by atoms with van der Waals surface area (Å²) in [5.41, 5.74) is 2.07. The van der Waals surface area contributed by atoms with E-state index in [4.69, 9.17) is 8.74 Å². The van der Waals surface area contributed by atoms with Crippen molar-refractivity contribution in [3.63, 3.8) is 0 Å². The Morgan fingerprint density at radius 2 is 1.43 bits per heavy atom. The standard InChI is InChI=1S/C18H26O4S/c19-23(20,21)22-18-13-16(14-7-3-1-4-8-14)11-12-17(18)15-9-5-2-6-10-15/h11-15H,1-10H2,(H,19,20,21). The molecule has 0 aromatic heterocycles.